The van der Waals surface area contributed by atoms with Crippen molar-refractivity contribution >= 4 is 31.3 Å². The van der Waals surface area contributed by atoms with Crippen molar-refractivity contribution in [2.75, 3.05) is 5.73 Å². The number of ether oxygens (including phenoxy) is 1. The summed E-state index contributed by atoms with van der Waals surface area (Å²) in [6, 6.07) is -1.79. The molecule has 2 unspecified atom stereocenters. The topological polar surface area (TPSA) is 275 Å². The van der Waals surface area contributed by atoms with Crippen LogP contribution in [0.4, 0.5) is 5.82 Å². The Kier molecular flexibility index (Phi) is 6.83. The Morgan fingerprint density at radius 2 is 1.87 bits per heavy atom. The molecule has 10 N–H and O–H groups in total. The Morgan fingerprint density at radius 3 is 2.37 bits per heavy atom. The molecular formula is C13H19N4O12P. The molecule has 30 heavy (non-hydrogen) atoms. The summed E-state index contributed by atoms with van der Waals surface area (Å²) in [6.07, 6.45) is -7.39. The van der Waals surface area contributed by atoms with Gasteiger partial charge in [0.15, 0.2) is 17.8 Å². The van der Waals surface area contributed by atoms with E-state index in [2.05, 4.69) is 4.98 Å². The lowest BCUT2D eigenvalue weighted by atomic mass is 10.1. The van der Waals surface area contributed by atoms with Gasteiger partial charge in [-0.1, -0.05) is 0 Å². The quantitative estimate of drug-likeness (QED) is 0.171. The second-order valence-corrected chi connectivity index (χ2v) is 8.03. The Morgan fingerprint density at radius 1 is 1.27 bits per heavy atom. The molecule has 6 atom stereocenters. The monoisotopic (exact) mass is 454 g/mol. The fourth-order valence-corrected chi connectivity index (χ4v) is 3.33. The molecule has 1 fully saturated rings. The molecule has 0 aliphatic carbocycles. The second kappa shape index (κ2) is 8.65. The highest BCUT2D eigenvalue weighted by Crippen LogP contribution is 2.46. The average molecular weight is 454 g/mol. The molecule has 2 heterocycles. The molecular weight excluding hydrogens is 435 g/mol. The van der Waals surface area contributed by atoms with Gasteiger partial charge in [0, 0.05) is 0 Å². The predicted octanol–water partition coefficient (Wildman–Crippen LogP) is -3.76. The SMILES string of the molecule is Nc1c(C(=O)N[C@@H](CC(=O)O)C(=O)O)ncn1C1O[C@H](C(O)P(=O)(O)O)[C@@H](O)[C@H]1O. The van der Waals surface area contributed by atoms with Crippen LogP contribution in [0.3, 0.4) is 0 Å². The standard InChI is InChI=1S/C13H19N4O12P/c14-9-5(10(22)16-3(12(23)24)1-4(18)19)15-2-17(9)11-7(21)6(20)8(29-11)13(25)30(26,27)28/h2-3,6-8,11,13,20-21,25H,1,14H2,(H,16,22)(H,18,19)(H,23,24)(H2,26,27,28)/t3-,6-,7+,8-,11?,13?/m0/s1. The number of rotatable bonds is 8. The van der Waals surface area contributed by atoms with Crippen LogP contribution < -0.4 is 11.1 Å². The van der Waals surface area contributed by atoms with Gasteiger partial charge < -0.3 is 51.1 Å². The van der Waals surface area contributed by atoms with E-state index in [1.54, 1.807) is 0 Å². The first kappa shape index (κ1) is 23.7. The second-order valence-electron chi connectivity index (χ2n) is 6.32. The van der Waals surface area contributed by atoms with Gasteiger partial charge in [0.05, 0.1) is 12.7 Å². The zero-order valence-corrected chi connectivity index (χ0v) is 15.7. The van der Waals surface area contributed by atoms with Crippen molar-refractivity contribution in [3.8, 4) is 0 Å². The van der Waals surface area contributed by atoms with Crippen LogP contribution in [0.2, 0.25) is 0 Å². The van der Waals surface area contributed by atoms with Crippen LogP contribution >= 0.6 is 7.60 Å². The molecule has 1 aliphatic heterocycles. The zero-order chi connectivity index (χ0) is 23.0. The number of hydrogen-bond acceptors (Lipinski definition) is 10. The van der Waals surface area contributed by atoms with Gasteiger partial charge in [-0.2, -0.15) is 0 Å². The summed E-state index contributed by atoms with van der Waals surface area (Å²) in [5.41, 5.74) is 5.17. The number of aliphatic carboxylic acids is 2. The first-order chi connectivity index (χ1) is 13.8. The van der Waals surface area contributed by atoms with E-state index in [0.717, 1.165) is 10.9 Å². The number of hydrogen-bond donors (Lipinski definition) is 9. The number of aromatic nitrogens is 2. The number of anilines is 1. The lowest BCUT2D eigenvalue weighted by molar-refractivity contribution is -0.145. The number of aliphatic hydroxyl groups is 3. The lowest BCUT2D eigenvalue weighted by Gasteiger charge is -2.21. The van der Waals surface area contributed by atoms with E-state index in [-0.39, 0.29) is 0 Å². The van der Waals surface area contributed by atoms with Crippen LogP contribution in [0, 0.1) is 0 Å². The molecule has 17 heteroatoms. The number of carboxylic acids is 2. The first-order valence-electron chi connectivity index (χ1n) is 8.08. The fourth-order valence-electron chi connectivity index (χ4n) is 2.70. The number of nitrogens with two attached hydrogens (primary N) is 1. The molecule has 0 radical (unpaired) electrons. The van der Waals surface area contributed by atoms with Gasteiger partial charge in [-0.05, 0) is 0 Å². The van der Waals surface area contributed by atoms with Crippen LogP contribution in [0.25, 0.3) is 0 Å². The lowest BCUT2D eigenvalue weighted by Crippen LogP contribution is -2.42. The van der Waals surface area contributed by atoms with E-state index in [4.69, 9.17) is 30.5 Å². The van der Waals surface area contributed by atoms with E-state index >= 15 is 0 Å². The van der Waals surface area contributed by atoms with Gasteiger partial charge in [-0.25, -0.2) is 9.78 Å². The molecule has 16 nitrogen and oxygen atoms in total. The summed E-state index contributed by atoms with van der Waals surface area (Å²) in [7, 11) is -5.11. The third kappa shape index (κ3) is 4.76. The number of nitrogens with zero attached hydrogens (tertiary/aromatic N) is 2. The van der Waals surface area contributed by atoms with Crippen molar-refractivity contribution < 1.29 is 59.0 Å². The van der Waals surface area contributed by atoms with Crippen LogP contribution in [0.15, 0.2) is 6.33 Å². The number of imidazole rings is 1. The smallest absolute Gasteiger partial charge is 0.356 e. The molecule has 1 amide bonds. The summed E-state index contributed by atoms with van der Waals surface area (Å²) in [5.74, 6) is -7.26. The molecule has 1 saturated heterocycles. The number of carbonyl (C=O) groups excluding carboxylic acids is 1. The van der Waals surface area contributed by atoms with Crippen LogP contribution in [-0.4, -0.2) is 92.9 Å². The third-order valence-electron chi connectivity index (χ3n) is 4.22. The maximum absolute atomic E-state index is 12.2. The van der Waals surface area contributed by atoms with Crippen LogP contribution in [0.1, 0.15) is 23.1 Å². The van der Waals surface area contributed by atoms with Gasteiger partial charge in [0.2, 0.25) is 0 Å². The molecule has 168 valence electrons. The van der Waals surface area contributed by atoms with E-state index in [1.807, 2.05) is 5.32 Å². The van der Waals surface area contributed by atoms with E-state index in [1.165, 1.54) is 0 Å². The molecule has 1 aromatic rings. The highest BCUT2D eigenvalue weighted by Gasteiger charge is 2.51. The van der Waals surface area contributed by atoms with Crippen LogP contribution in [0.5, 0.6) is 0 Å². The maximum Gasteiger partial charge on any atom is 0.356 e. The summed E-state index contributed by atoms with van der Waals surface area (Å²) in [4.78, 5) is 55.7. The van der Waals surface area contributed by atoms with Crippen molar-refractivity contribution in [2.45, 2.75) is 42.8 Å². The van der Waals surface area contributed by atoms with Crippen molar-refractivity contribution in [1.29, 1.82) is 0 Å². The number of nitrogen functional groups attached to an aromatic ring is 1. The van der Waals surface area contributed by atoms with Crippen molar-refractivity contribution in [3.05, 3.63) is 12.0 Å². The number of aliphatic hydroxyl groups excluding tert-OH is 3. The first-order valence-corrected chi connectivity index (χ1v) is 9.76. The van der Waals surface area contributed by atoms with E-state index < -0.39 is 79.8 Å². The zero-order valence-electron chi connectivity index (χ0n) is 14.8. The summed E-state index contributed by atoms with van der Waals surface area (Å²) in [6.45, 7) is 0. The highest BCUT2D eigenvalue weighted by atomic mass is 31.2. The maximum atomic E-state index is 12.2. The summed E-state index contributed by atoms with van der Waals surface area (Å²) >= 11 is 0. The molecule has 1 aromatic heterocycles. The fraction of sp³-hybridized carbons (Fsp3) is 0.538. The van der Waals surface area contributed by atoms with Gasteiger partial charge in [0.25, 0.3) is 5.91 Å². The highest BCUT2D eigenvalue weighted by molar-refractivity contribution is 7.52. The Labute approximate surface area is 166 Å². The van der Waals surface area contributed by atoms with Crippen molar-refractivity contribution in [1.82, 2.24) is 14.9 Å². The van der Waals surface area contributed by atoms with Gasteiger partial charge in [-0.15, -0.1) is 0 Å². The Balaban J connectivity index is 2.24. The molecule has 0 spiro atoms. The Hall–Kier alpha value is -2.59. The normalized spacial score (nSPS) is 26.2. The summed E-state index contributed by atoms with van der Waals surface area (Å²) < 4.78 is 17.1. The minimum atomic E-state index is -5.11. The summed E-state index contributed by atoms with van der Waals surface area (Å²) in [5, 5.41) is 49.3. The average Bonchev–Trinajstić information content (AvgIpc) is 3.13. The molecule has 0 aromatic carbocycles. The van der Waals surface area contributed by atoms with Gasteiger partial charge in [-0.3, -0.25) is 18.7 Å². The van der Waals surface area contributed by atoms with Crippen LogP contribution in [-0.2, 0) is 18.9 Å². The minimum Gasteiger partial charge on any atom is -0.481 e. The molecule has 0 bridgehead atoms. The van der Waals surface area contributed by atoms with E-state index in [0.29, 0.717) is 0 Å². The molecule has 0 saturated carbocycles. The molecule has 2 rings (SSSR count). The number of carboxylic acid groups (broad SMARTS) is 2. The number of carbonyl (C=O) groups is 3. The minimum absolute atomic E-state index is 0.505. The van der Waals surface area contributed by atoms with Gasteiger partial charge in [0.1, 0.15) is 30.2 Å². The van der Waals surface area contributed by atoms with Crippen molar-refractivity contribution in [2.24, 2.45) is 0 Å². The predicted molar refractivity (Wildman–Crippen MR) is 91.8 cm³/mol. The molecule has 1 aliphatic rings. The Bertz CT molecular complexity index is 883. The number of amides is 1. The largest absolute Gasteiger partial charge is 0.481 e. The van der Waals surface area contributed by atoms with E-state index in [9.17, 15) is 34.3 Å². The van der Waals surface area contributed by atoms with Gasteiger partial charge >= 0.3 is 19.5 Å². The number of nitrogens with one attached hydrogen (secondary N) is 1. The third-order valence-corrected chi connectivity index (χ3v) is 5.20. The van der Waals surface area contributed by atoms with Crippen molar-refractivity contribution in [3.63, 3.8) is 0 Å².